The Balaban J connectivity index is 1.63. The molecule has 3 rings (SSSR count). The molecular formula is C20H24N4O2. The SMILES string of the molecule is Cc1ccc(NC(=O)Nc2ccccc2)cc1NC(=O)C1CCC(N)C1. The van der Waals surface area contributed by atoms with Gasteiger partial charge in [-0.2, -0.15) is 0 Å². The second kappa shape index (κ2) is 8.01. The van der Waals surface area contributed by atoms with Gasteiger partial charge in [0.1, 0.15) is 0 Å². The number of aryl methyl sites for hydroxylation is 1. The number of carbonyl (C=O) groups excluding carboxylic acids is 2. The molecule has 2 unspecified atom stereocenters. The molecule has 0 bridgehead atoms. The van der Waals surface area contributed by atoms with Crippen LogP contribution in [0.5, 0.6) is 0 Å². The zero-order valence-electron chi connectivity index (χ0n) is 14.8. The van der Waals surface area contributed by atoms with Gasteiger partial charge in [0, 0.05) is 29.0 Å². The van der Waals surface area contributed by atoms with Gasteiger partial charge in [0.15, 0.2) is 0 Å². The summed E-state index contributed by atoms with van der Waals surface area (Å²) in [7, 11) is 0. The molecule has 6 nitrogen and oxygen atoms in total. The van der Waals surface area contributed by atoms with E-state index in [4.69, 9.17) is 5.73 Å². The summed E-state index contributed by atoms with van der Waals surface area (Å²) >= 11 is 0. The topological polar surface area (TPSA) is 96.2 Å². The van der Waals surface area contributed by atoms with Crippen LogP contribution in [0.1, 0.15) is 24.8 Å². The maximum Gasteiger partial charge on any atom is 0.323 e. The standard InChI is InChI=1S/C20H24N4O2/c1-13-7-10-17(23-20(26)22-16-5-3-2-4-6-16)12-18(13)24-19(25)14-8-9-15(21)11-14/h2-7,10,12,14-15H,8-9,11,21H2,1H3,(H,24,25)(H2,22,23,26). The lowest BCUT2D eigenvalue weighted by Gasteiger charge is -2.14. The van der Waals surface area contributed by atoms with Gasteiger partial charge in [0.25, 0.3) is 0 Å². The second-order valence-electron chi connectivity index (χ2n) is 6.73. The number of urea groups is 1. The molecule has 1 aliphatic carbocycles. The van der Waals surface area contributed by atoms with Gasteiger partial charge in [-0.3, -0.25) is 4.79 Å². The summed E-state index contributed by atoms with van der Waals surface area (Å²) in [4.78, 5) is 24.5. The number of hydrogen-bond donors (Lipinski definition) is 4. The van der Waals surface area contributed by atoms with Gasteiger partial charge in [-0.05, 0) is 56.0 Å². The number of rotatable bonds is 4. The van der Waals surface area contributed by atoms with Crippen LogP contribution in [0.15, 0.2) is 48.5 Å². The summed E-state index contributed by atoms with van der Waals surface area (Å²) in [6.45, 7) is 1.92. The summed E-state index contributed by atoms with van der Waals surface area (Å²) in [5.41, 5.74) is 8.86. The van der Waals surface area contributed by atoms with E-state index in [1.54, 1.807) is 12.1 Å². The van der Waals surface area contributed by atoms with Crippen LogP contribution in [-0.4, -0.2) is 18.0 Å². The first-order chi connectivity index (χ1) is 12.5. The highest BCUT2D eigenvalue weighted by Gasteiger charge is 2.28. The fraction of sp³-hybridized carbons (Fsp3) is 0.300. The second-order valence-corrected chi connectivity index (χ2v) is 6.73. The predicted octanol–water partition coefficient (Wildman–Crippen LogP) is 3.70. The molecule has 2 aromatic carbocycles. The molecule has 0 spiro atoms. The highest BCUT2D eigenvalue weighted by atomic mass is 16.2. The van der Waals surface area contributed by atoms with Gasteiger partial charge < -0.3 is 21.7 Å². The Morgan fingerprint density at radius 3 is 2.38 bits per heavy atom. The highest BCUT2D eigenvalue weighted by Crippen LogP contribution is 2.27. The van der Waals surface area contributed by atoms with Gasteiger partial charge in [-0.1, -0.05) is 24.3 Å². The summed E-state index contributed by atoms with van der Waals surface area (Å²) in [6, 6.07) is 14.4. The Morgan fingerprint density at radius 2 is 1.69 bits per heavy atom. The van der Waals surface area contributed by atoms with Crippen molar-refractivity contribution in [2.45, 2.75) is 32.2 Å². The van der Waals surface area contributed by atoms with Crippen molar-refractivity contribution in [2.75, 3.05) is 16.0 Å². The number of anilines is 3. The first kappa shape index (κ1) is 17.9. The van der Waals surface area contributed by atoms with E-state index in [-0.39, 0.29) is 23.9 Å². The van der Waals surface area contributed by atoms with Crippen LogP contribution >= 0.6 is 0 Å². The molecule has 0 heterocycles. The van der Waals surface area contributed by atoms with Crippen molar-refractivity contribution in [3.63, 3.8) is 0 Å². The molecule has 5 N–H and O–H groups in total. The molecule has 0 aliphatic heterocycles. The molecule has 2 atom stereocenters. The van der Waals surface area contributed by atoms with E-state index in [1.165, 1.54) is 0 Å². The van der Waals surface area contributed by atoms with Crippen LogP contribution in [0, 0.1) is 12.8 Å². The third kappa shape index (κ3) is 4.61. The van der Waals surface area contributed by atoms with E-state index in [2.05, 4.69) is 16.0 Å². The van der Waals surface area contributed by atoms with Crippen molar-refractivity contribution in [3.05, 3.63) is 54.1 Å². The molecule has 136 valence electrons. The number of para-hydroxylation sites is 1. The number of benzene rings is 2. The molecule has 0 aromatic heterocycles. The summed E-state index contributed by atoms with van der Waals surface area (Å²) in [6.07, 6.45) is 2.43. The Hall–Kier alpha value is -2.86. The largest absolute Gasteiger partial charge is 0.328 e. The monoisotopic (exact) mass is 352 g/mol. The average molecular weight is 352 g/mol. The summed E-state index contributed by atoms with van der Waals surface area (Å²) in [5.74, 6) is -0.0469. The molecule has 1 saturated carbocycles. The smallest absolute Gasteiger partial charge is 0.323 e. The zero-order valence-corrected chi connectivity index (χ0v) is 14.8. The molecule has 2 aromatic rings. The Bertz CT molecular complexity index is 792. The molecule has 1 fully saturated rings. The molecular weight excluding hydrogens is 328 g/mol. The van der Waals surface area contributed by atoms with Crippen LogP contribution in [-0.2, 0) is 4.79 Å². The average Bonchev–Trinajstić information content (AvgIpc) is 3.05. The third-order valence-electron chi connectivity index (χ3n) is 4.63. The van der Waals surface area contributed by atoms with Crippen LogP contribution in [0.2, 0.25) is 0 Å². The highest BCUT2D eigenvalue weighted by molar-refractivity contribution is 6.00. The fourth-order valence-corrected chi connectivity index (χ4v) is 3.14. The van der Waals surface area contributed by atoms with Crippen molar-refractivity contribution < 1.29 is 9.59 Å². The van der Waals surface area contributed by atoms with E-state index >= 15 is 0 Å². The number of amides is 3. The van der Waals surface area contributed by atoms with Crippen molar-refractivity contribution in [3.8, 4) is 0 Å². The number of nitrogens with one attached hydrogen (secondary N) is 3. The molecule has 0 saturated heterocycles. The minimum atomic E-state index is -0.334. The van der Waals surface area contributed by atoms with E-state index in [0.29, 0.717) is 17.1 Å². The molecule has 3 amide bonds. The lowest BCUT2D eigenvalue weighted by Crippen LogP contribution is -2.24. The quantitative estimate of drug-likeness (QED) is 0.675. The van der Waals surface area contributed by atoms with Gasteiger partial charge in [0.05, 0.1) is 0 Å². The maximum atomic E-state index is 12.4. The summed E-state index contributed by atoms with van der Waals surface area (Å²) < 4.78 is 0. The molecule has 0 radical (unpaired) electrons. The number of hydrogen-bond acceptors (Lipinski definition) is 3. The Morgan fingerprint density at radius 1 is 0.962 bits per heavy atom. The van der Waals surface area contributed by atoms with Crippen molar-refractivity contribution in [2.24, 2.45) is 11.7 Å². The zero-order chi connectivity index (χ0) is 18.5. The maximum absolute atomic E-state index is 12.4. The van der Waals surface area contributed by atoms with Crippen LogP contribution < -0.4 is 21.7 Å². The van der Waals surface area contributed by atoms with E-state index in [9.17, 15) is 9.59 Å². The van der Waals surface area contributed by atoms with Gasteiger partial charge >= 0.3 is 6.03 Å². The first-order valence-corrected chi connectivity index (χ1v) is 8.81. The summed E-state index contributed by atoms with van der Waals surface area (Å²) in [5, 5.41) is 8.52. The Labute approximate surface area is 153 Å². The van der Waals surface area contributed by atoms with Crippen LogP contribution in [0.3, 0.4) is 0 Å². The van der Waals surface area contributed by atoms with Gasteiger partial charge in [-0.25, -0.2) is 4.79 Å². The van der Waals surface area contributed by atoms with Crippen LogP contribution in [0.4, 0.5) is 21.9 Å². The van der Waals surface area contributed by atoms with Gasteiger partial charge in [0.2, 0.25) is 5.91 Å². The third-order valence-corrected chi connectivity index (χ3v) is 4.63. The minimum Gasteiger partial charge on any atom is -0.328 e. The molecule has 26 heavy (non-hydrogen) atoms. The van der Waals surface area contributed by atoms with Crippen molar-refractivity contribution >= 4 is 29.0 Å². The lowest BCUT2D eigenvalue weighted by atomic mass is 10.1. The molecule has 6 heteroatoms. The lowest BCUT2D eigenvalue weighted by molar-refractivity contribution is -0.119. The normalized spacial score (nSPS) is 19.0. The molecule has 1 aliphatic rings. The first-order valence-electron chi connectivity index (χ1n) is 8.81. The van der Waals surface area contributed by atoms with Crippen molar-refractivity contribution in [1.29, 1.82) is 0 Å². The Kier molecular flexibility index (Phi) is 5.53. The number of nitrogens with two attached hydrogens (primary N) is 1. The minimum absolute atomic E-state index is 0.00747. The predicted molar refractivity (Wildman–Crippen MR) is 104 cm³/mol. The van der Waals surface area contributed by atoms with E-state index < -0.39 is 0 Å². The van der Waals surface area contributed by atoms with E-state index in [0.717, 1.165) is 24.8 Å². The van der Waals surface area contributed by atoms with Crippen molar-refractivity contribution in [1.82, 2.24) is 0 Å². The fourth-order valence-electron chi connectivity index (χ4n) is 3.14. The van der Waals surface area contributed by atoms with Crippen LogP contribution in [0.25, 0.3) is 0 Å². The van der Waals surface area contributed by atoms with Gasteiger partial charge in [-0.15, -0.1) is 0 Å². The number of carbonyl (C=O) groups is 2. The van der Waals surface area contributed by atoms with E-state index in [1.807, 2.05) is 43.3 Å².